The normalized spacial score (nSPS) is 26.2. The maximum absolute atomic E-state index is 4.70. The molecule has 0 atom stereocenters. The fourth-order valence-corrected chi connectivity index (χ4v) is 3.07. The lowest BCUT2D eigenvalue weighted by atomic mass is 10.2. The molecule has 4 rings (SSSR count). The molecule has 18 heavy (non-hydrogen) atoms. The van der Waals surface area contributed by atoms with Crippen molar-refractivity contribution in [2.24, 2.45) is 9.98 Å². The first kappa shape index (κ1) is 10.2. The van der Waals surface area contributed by atoms with Crippen molar-refractivity contribution in [2.75, 3.05) is 52.4 Å². The topological polar surface area (TPSA) is 55.3 Å². The van der Waals surface area contributed by atoms with Crippen LogP contribution < -0.4 is 10.6 Å². The summed E-state index contributed by atoms with van der Waals surface area (Å²) in [7, 11) is 0. The van der Waals surface area contributed by atoms with Gasteiger partial charge in [0.25, 0.3) is 0 Å². The summed E-state index contributed by atoms with van der Waals surface area (Å²) in [5.41, 5.74) is 1.19. The summed E-state index contributed by atoms with van der Waals surface area (Å²) < 4.78 is 0. The molecule has 0 spiro atoms. The summed E-state index contributed by atoms with van der Waals surface area (Å²) in [6.45, 7) is 7.92. The Kier molecular flexibility index (Phi) is 2.21. The van der Waals surface area contributed by atoms with Crippen molar-refractivity contribution in [3.05, 3.63) is 11.4 Å². The van der Waals surface area contributed by atoms with Crippen LogP contribution >= 0.6 is 0 Å². The Morgan fingerprint density at radius 3 is 1.89 bits per heavy atom. The van der Waals surface area contributed by atoms with E-state index in [1.807, 2.05) is 0 Å². The highest BCUT2D eigenvalue weighted by Gasteiger charge is 2.34. The first-order valence-corrected chi connectivity index (χ1v) is 6.75. The number of aliphatic imine (C=N–C) groups is 2. The van der Waals surface area contributed by atoms with E-state index >= 15 is 0 Å². The van der Waals surface area contributed by atoms with Crippen molar-refractivity contribution in [2.45, 2.75) is 0 Å². The smallest absolute Gasteiger partial charge is 0.138 e. The fraction of sp³-hybridized carbons (Fsp3) is 0.667. The molecule has 96 valence electrons. The molecular weight excluding hydrogens is 228 g/mol. The molecule has 0 aromatic rings. The van der Waals surface area contributed by atoms with Crippen molar-refractivity contribution >= 4 is 11.7 Å². The van der Waals surface area contributed by atoms with Crippen LogP contribution in [0, 0.1) is 0 Å². The van der Waals surface area contributed by atoms with Gasteiger partial charge in [-0.3, -0.25) is 9.98 Å². The van der Waals surface area contributed by atoms with Crippen molar-refractivity contribution in [3.8, 4) is 0 Å². The number of nitrogens with zero attached hydrogens (tertiary/aromatic N) is 4. The predicted octanol–water partition coefficient (Wildman–Crippen LogP) is -1.17. The van der Waals surface area contributed by atoms with Crippen molar-refractivity contribution in [1.29, 1.82) is 0 Å². The Balaban J connectivity index is 1.84. The summed E-state index contributed by atoms with van der Waals surface area (Å²) in [6, 6.07) is 0. The van der Waals surface area contributed by atoms with E-state index in [-0.39, 0.29) is 0 Å². The van der Waals surface area contributed by atoms with E-state index < -0.39 is 0 Å². The first-order valence-electron chi connectivity index (χ1n) is 6.75. The van der Waals surface area contributed by atoms with Gasteiger partial charge in [-0.25, -0.2) is 0 Å². The average molecular weight is 246 g/mol. The van der Waals surface area contributed by atoms with Crippen LogP contribution in [0.1, 0.15) is 0 Å². The Morgan fingerprint density at radius 2 is 1.33 bits per heavy atom. The predicted molar refractivity (Wildman–Crippen MR) is 70.8 cm³/mol. The Morgan fingerprint density at radius 1 is 0.778 bits per heavy atom. The van der Waals surface area contributed by atoms with Gasteiger partial charge in [0.2, 0.25) is 0 Å². The van der Waals surface area contributed by atoms with E-state index in [0.717, 1.165) is 69.9 Å². The lowest BCUT2D eigenvalue weighted by molar-refractivity contribution is 0.443. The second kappa shape index (κ2) is 3.90. The Hall–Kier alpha value is -1.72. The van der Waals surface area contributed by atoms with Crippen LogP contribution in [-0.4, -0.2) is 73.8 Å². The highest BCUT2D eigenvalue weighted by molar-refractivity contribution is 6.24. The molecule has 2 N–H and O–H groups in total. The number of amidine groups is 2. The minimum atomic E-state index is 0.916. The molecule has 0 aliphatic carbocycles. The van der Waals surface area contributed by atoms with Gasteiger partial charge in [0.1, 0.15) is 17.5 Å². The molecule has 0 unspecified atom stereocenters. The van der Waals surface area contributed by atoms with Crippen molar-refractivity contribution in [3.63, 3.8) is 0 Å². The van der Waals surface area contributed by atoms with E-state index in [9.17, 15) is 0 Å². The summed E-state index contributed by atoms with van der Waals surface area (Å²) in [5, 5.41) is 7.01. The number of rotatable bonds is 0. The third-order valence-corrected chi connectivity index (χ3v) is 3.93. The minimum absolute atomic E-state index is 0.916. The molecular formula is C12H18N6. The average Bonchev–Trinajstić information content (AvgIpc) is 2.94. The summed E-state index contributed by atoms with van der Waals surface area (Å²) in [4.78, 5) is 14.2. The van der Waals surface area contributed by atoms with Crippen LogP contribution in [0.25, 0.3) is 0 Å². The van der Waals surface area contributed by atoms with Crippen LogP contribution in [0.4, 0.5) is 0 Å². The van der Waals surface area contributed by atoms with E-state index in [1.165, 1.54) is 5.57 Å². The van der Waals surface area contributed by atoms with Gasteiger partial charge in [-0.15, -0.1) is 0 Å². The highest BCUT2D eigenvalue weighted by Crippen LogP contribution is 2.21. The van der Waals surface area contributed by atoms with Crippen LogP contribution in [0.15, 0.2) is 21.4 Å². The van der Waals surface area contributed by atoms with Crippen molar-refractivity contribution in [1.82, 2.24) is 20.4 Å². The molecule has 0 bridgehead atoms. The van der Waals surface area contributed by atoms with Gasteiger partial charge >= 0.3 is 0 Å². The molecule has 0 fully saturated rings. The second-order valence-corrected chi connectivity index (χ2v) is 4.99. The van der Waals surface area contributed by atoms with Crippen molar-refractivity contribution < 1.29 is 0 Å². The molecule has 0 saturated heterocycles. The standard InChI is InChI=1S/C12H18N6/c1-5-17-7-3-15-11(17)9-10(13-1)14-2-6-18-8-4-16-12(9)18/h13-14H,1-8H2. The van der Waals surface area contributed by atoms with Crippen LogP contribution in [-0.2, 0) is 0 Å². The third kappa shape index (κ3) is 1.41. The monoisotopic (exact) mass is 246 g/mol. The van der Waals surface area contributed by atoms with Gasteiger partial charge in [-0.2, -0.15) is 0 Å². The van der Waals surface area contributed by atoms with Gasteiger partial charge < -0.3 is 20.4 Å². The van der Waals surface area contributed by atoms with E-state index in [4.69, 9.17) is 9.98 Å². The molecule has 4 aliphatic heterocycles. The van der Waals surface area contributed by atoms with Crippen LogP contribution in [0.2, 0.25) is 0 Å². The van der Waals surface area contributed by atoms with E-state index in [1.54, 1.807) is 0 Å². The maximum Gasteiger partial charge on any atom is 0.138 e. The minimum Gasteiger partial charge on any atom is -0.369 e. The van der Waals surface area contributed by atoms with Crippen LogP contribution in [0.3, 0.4) is 0 Å². The largest absolute Gasteiger partial charge is 0.369 e. The van der Waals surface area contributed by atoms with E-state index in [0.29, 0.717) is 0 Å². The van der Waals surface area contributed by atoms with E-state index in [2.05, 4.69) is 20.4 Å². The number of hydrogen-bond acceptors (Lipinski definition) is 6. The van der Waals surface area contributed by atoms with Gasteiger partial charge in [-0.05, 0) is 0 Å². The number of fused-ring (bicyclic) bond motifs is 4. The van der Waals surface area contributed by atoms with Crippen LogP contribution in [0.5, 0.6) is 0 Å². The lowest BCUT2D eigenvalue weighted by Crippen LogP contribution is -2.37. The van der Waals surface area contributed by atoms with Gasteiger partial charge in [0.15, 0.2) is 0 Å². The SMILES string of the molecule is C1CN2CCNC3=C(C2=N1)C1=NCCN1CCN3. The first-order chi connectivity index (χ1) is 8.93. The molecule has 4 aliphatic rings. The maximum atomic E-state index is 4.70. The molecule has 0 aromatic carbocycles. The molecule has 4 heterocycles. The highest BCUT2D eigenvalue weighted by atomic mass is 15.3. The van der Waals surface area contributed by atoms with Gasteiger partial charge in [-0.1, -0.05) is 0 Å². The number of hydrogen-bond donors (Lipinski definition) is 2. The zero-order chi connectivity index (χ0) is 11.9. The molecule has 0 radical (unpaired) electrons. The zero-order valence-corrected chi connectivity index (χ0v) is 10.4. The number of nitrogens with one attached hydrogen (secondary N) is 2. The van der Waals surface area contributed by atoms with Gasteiger partial charge in [0.05, 0.1) is 18.7 Å². The fourth-order valence-electron chi connectivity index (χ4n) is 3.07. The van der Waals surface area contributed by atoms with Gasteiger partial charge in [0, 0.05) is 39.3 Å². The third-order valence-electron chi connectivity index (χ3n) is 3.93. The summed E-state index contributed by atoms with van der Waals surface area (Å²) in [5.74, 6) is 3.39. The summed E-state index contributed by atoms with van der Waals surface area (Å²) in [6.07, 6.45) is 0. The second-order valence-electron chi connectivity index (χ2n) is 4.99. The zero-order valence-electron chi connectivity index (χ0n) is 10.4. The lowest BCUT2D eigenvalue weighted by Gasteiger charge is -2.22. The molecule has 6 heteroatoms. The summed E-state index contributed by atoms with van der Waals surface area (Å²) >= 11 is 0. The molecule has 0 saturated carbocycles. The Labute approximate surface area is 106 Å². The molecule has 6 nitrogen and oxygen atoms in total. The molecule has 0 aromatic heterocycles. The Bertz CT molecular complexity index is 423. The molecule has 0 amide bonds. The quantitative estimate of drug-likeness (QED) is 0.566.